The quantitative estimate of drug-likeness (QED) is 0.531. The lowest BCUT2D eigenvalue weighted by Gasteiger charge is -2.29. The molecule has 10 heteroatoms. The Kier molecular flexibility index (Phi) is 11.7. The highest BCUT2D eigenvalue weighted by Gasteiger charge is 2.58. The summed E-state index contributed by atoms with van der Waals surface area (Å²) in [6.45, 7) is 11.8. The third kappa shape index (κ3) is 8.99. The largest absolute Gasteiger partial charge is 0.947 e. The molecule has 0 amide bonds. The van der Waals surface area contributed by atoms with Gasteiger partial charge in [-0.2, -0.15) is 0 Å². The molecule has 1 unspecified atom stereocenters. The first kappa shape index (κ1) is 22.9. The molecule has 0 aromatic rings. The normalized spacial score (nSPS) is 16.9. The molecule has 0 aliphatic carbocycles. The van der Waals surface area contributed by atoms with E-state index in [4.69, 9.17) is 19.9 Å². The van der Waals surface area contributed by atoms with E-state index in [1.807, 2.05) is 34.6 Å². The van der Waals surface area contributed by atoms with E-state index in [2.05, 4.69) is 6.92 Å². The third-order valence-electron chi connectivity index (χ3n) is 3.38. The zero-order valence-electron chi connectivity index (χ0n) is 15.7. The average molecular weight is 390 g/mol. The number of unbranched alkanes of at least 4 members (excludes halogenated alkanes) is 1. The Morgan fingerprint density at radius 2 is 1.42 bits per heavy atom. The number of carbonyl (C=O) groups is 1. The topological polar surface area (TPSA) is 72.5 Å². The highest BCUT2D eigenvalue weighted by atomic mass is 27.4. The monoisotopic (exact) mass is 390 g/mol. The first-order valence-electron chi connectivity index (χ1n) is 8.83. The minimum absolute atomic E-state index is 0.0215. The van der Waals surface area contributed by atoms with Crippen molar-refractivity contribution in [2.75, 3.05) is 0 Å². The predicted molar refractivity (Wildman–Crippen MR) is 92.4 cm³/mol. The first-order chi connectivity index (χ1) is 11.3. The lowest BCUT2D eigenvalue weighted by molar-refractivity contribution is -0.142. The molecule has 0 saturated carbocycles. The van der Waals surface area contributed by atoms with Crippen LogP contribution in [0.5, 0.6) is 0 Å². The summed E-state index contributed by atoms with van der Waals surface area (Å²) in [4.78, 5) is 12.4. The third-order valence-corrected chi connectivity index (χ3v) is 10.7. The maximum atomic E-state index is 12.4. The molecular formula is C14H29Al3O7. The molecule has 1 aliphatic rings. The second-order valence-electron chi connectivity index (χ2n) is 6.33. The van der Waals surface area contributed by atoms with Crippen molar-refractivity contribution in [3.05, 3.63) is 0 Å². The first-order valence-corrected chi connectivity index (χ1v) is 13.1. The van der Waals surface area contributed by atoms with Gasteiger partial charge in [-0.3, -0.25) is 4.79 Å². The molecule has 0 bridgehead atoms. The maximum Gasteiger partial charge on any atom is 0.947 e. The Hall–Kier alpha value is 0.867. The summed E-state index contributed by atoms with van der Waals surface area (Å²) in [6, 6.07) is 0. The van der Waals surface area contributed by atoms with E-state index in [0.717, 1.165) is 25.7 Å². The minimum Gasteiger partial charge on any atom is -0.574 e. The number of rotatable bonds is 10. The fourth-order valence-corrected chi connectivity index (χ4v) is 9.55. The summed E-state index contributed by atoms with van der Waals surface area (Å²) in [5, 5.41) is 0. The van der Waals surface area contributed by atoms with Crippen LogP contribution in [0.3, 0.4) is 0 Å². The van der Waals surface area contributed by atoms with Gasteiger partial charge in [0.1, 0.15) is 0 Å². The van der Waals surface area contributed by atoms with E-state index in [9.17, 15) is 4.79 Å². The van der Waals surface area contributed by atoms with Crippen molar-refractivity contribution in [3.63, 3.8) is 0 Å². The lowest BCUT2D eigenvalue weighted by Crippen LogP contribution is -2.54. The van der Waals surface area contributed by atoms with Gasteiger partial charge >= 0.3 is 45.4 Å². The molecule has 136 valence electrons. The van der Waals surface area contributed by atoms with Crippen LogP contribution >= 0.6 is 0 Å². The molecule has 0 aromatic heterocycles. The zero-order chi connectivity index (χ0) is 18.1. The second kappa shape index (κ2) is 12.3. The Bertz CT molecular complexity index is 352. The Balaban J connectivity index is 2.63. The number of carbonyl (C=O) groups excluding carboxylic acids is 1. The molecular weight excluding hydrogens is 361 g/mol. The number of hydrogen-bond donors (Lipinski definition) is 0. The molecule has 1 aliphatic heterocycles. The SMILES string of the molecule is CCCCC(CC)C(=O)[O][Al]1[O][Al]([O]C(C)C)[O][Al]([O]C(C)C)[O]1. The van der Waals surface area contributed by atoms with E-state index in [0.29, 0.717) is 0 Å². The van der Waals surface area contributed by atoms with Crippen LogP contribution in [0, 0.1) is 5.92 Å². The molecule has 0 spiro atoms. The highest BCUT2D eigenvalue weighted by Crippen LogP contribution is 2.18. The average Bonchev–Trinajstić information content (AvgIpc) is 2.46. The lowest BCUT2D eigenvalue weighted by atomic mass is 10.00. The number of hydrogen-bond acceptors (Lipinski definition) is 7. The van der Waals surface area contributed by atoms with Crippen LogP contribution in [0.4, 0.5) is 0 Å². The molecule has 1 saturated heterocycles. The molecule has 1 atom stereocenters. The summed E-state index contributed by atoms with van der Waals surface area (Å²) in [5.41, 5.74) is 0. The minimum atomic E-state index is -2.62. The van der Waals surface area contributed by atoms with Crippen molar-refractivity contribution in [2.45, 2.75) is 79.4 Å². The van der Waals surface area contributed by atoms with Gasteiger partial charge in [-0.05, 0) is 40.5 Å². The molecule has 24 heavy (non-hydrogen) atoms. The van der Waals surface area contributed by atoms with E-state index >= 15 is 0 Å². The van der Waals surface area contributed by atoms with Gasteiger partial charge in [0.2, 0.25) is 0 Å². The Morgan fingerprint density at radius 3 is 1.83 bits per heavy atom. The van der Waals surface area contributed by atoms with E-state index in [1.165, 1.54) is 0 Å². The molecule has 1 fully saturated rings. The van der Waals surface area contributed by atoms with Crippen molar-refractivity contribution >= 4 is 51.4 Å². The summed E-state index contributed by atoms with van der Waals surface area (Å²) in [7, 11) is 0. The highest BCUT2D eigenvalue weighted by molar-refractivity contribution is 6.67. The molecule has 0 aromatic carbocycles. The molecule has 1 rings (SSSR count). The molecule has 0 radical (unpaired) electrons. The van der Waals surface area contributed by atoms with Gasteiger partial charge in [-0.15, -0.1) is 0 Å². The molecule has 7 nitrogen and oxygen atoms in total. The van der Waals surface area contributed by atoms with Crippen molar-refractivity contribution in [1.82, 2.24) is 0 Å². The molecule has 1 heterocycles. The Morgan fingerprint density at radius 1 is 0.917 bits per heavy atom. The van der Waals surface area contributed by atoms with E-state index in [-0.39, 0.29) is 24.1 Å². The van der Waals surface area contributed by atoms with Crippen molar-refractivity contribution in [3.8, 4) is 0 Å². The Labute approximate surface area is 161 Å². The fraction of sp³-hybridized carbons (Fsp3) is 0.929. The van der Waals surface area contributed by atoms with Gasteiger partial charge in [-0.1, -0.05) is 26.7 Å². The fourth-order valence-electron chi connectivity index (χ4n) is 2.13. The van der Waals surface area contributed by atoms with Crippen molar-refractivity contribution in [2.24, 2.45) is 5.92 Å². The standard InChI is InChI=1S/C8H16O2.2C3H7O.3Al.3O/c1-3-5-6-7(4-2)8(9)10;2*1-3(2)4;;;;;;/h7H,3-6H2,1-2H3,(H,9,10);2*3H,1-2H3;;;;;;/q;2*-1;3*+1;;;/p-1. The summed E-state index contributed by atoms with van der Waals surface area (Å²) >= 11 is -7.39. The van der Waals surface area contributed by atoms with Crippen LogP contribution in [0.25, 0.3) is 0 Å². The van der Waals surface area contributed by atoms with Gasteiger partial charge in [0.25, 0.3) is 5.97 Å². The van der Waals surface area contributed by atoms with Gasteiger partial charge in [-0.25, -0.2) is 0 Å². The van der Waals surface area contributed by atoms with Gasteiger partial charge in [0, 0.05) is 12.2 Å². The van der Waals surface area contributed by atoms with Crippen LogP contribution in [-0.4, -0.2) is 63.6 Å². The van der Waals surface area contributed by atoms with Crippen molar-refractivity contribution in [1.29, 1.82) is 0 Å². The van der Waals surface area contributed by atoms with Crippen LogP contribution < -0.4 is 0 Å². The van der Waals surface area contributed by atoms with Crippen LogP contribution in [0.1, 0.15) is 67.2 Å². The predicted octanol–water partition coefficient (Wildman–Crippen LogP) is 2.61. The zero-order valence-corrected chi connectivity index (χ0v) is 19.1. The molecule has 0 N–H and O–H groups in total. The smallest absolute Gasteiger partial charge is 0.574 e. The summed E-state index contributed by atoms with van der Waals surface area (Å²) in [5.74, 6) is -0.344. The van der Waals surface area contributed by atoms with Crippen LogP contribution in [-0.2, 0) is 24.7 Å². The van der Waals surface area contributed by atoms with Crippen LogP contribution in [0.15, 0.2) is 0 Å². The van der Waals surface area contributed by atoms with Crippen molar-refractivity contribution < 1.29 is 24.7 Å². The summed E-state index contributed by atoms with van der Waals surface area (Å²) < 4.78 is 34.0. The second-order valence-corrected chi connectivity index (χ2v) is 12.1. The van der Waals surface area contributed by atoms with Gasteiger partial charge in [0.15, 0.2) is 0 Å². The maximum absolute atomic E-state index is 12.4. The summed E-state index contributed by atoms with van der Waals surface area (Å²) in [6.07, 6.45) is 3.60. The van der Waals surface area contributed by atoms with Gasteiger partial charge < -0.3 is 19.9 Å². The van der Waals surface area contributed by atoms with Crippen LogP contribution in [0.2, 0.25) is 0 Å². The van der Waals surface area contributed by atoms with Gasteiger partial charge in [0.05, 0.1) is 5.92 Å². The van der Waals surface area contributed by atoms with E-state index < -0.39 is 45.4 Å². The van der Waals surface area contributed by atoms with E-state index in [1.54, 1.807) is 0 Å².